The van der Waals surface area contributed by atoms with Gasteiger partial charge in [0.25, 0.3) is 0 Å². The van der Waals surface area contributed by atoms with Gasteiger partial charge in [-0.25, -0.2) is 0 Å². The summed E-state index contributed by atoms with van der Waals surface area (Å²) in [5.41, 5.74) is 0.991. The number of aliphatic hydroxyl groups excluding tert-OH is 1. The molecule has 0 unspecified atom stereocenters. The molecular weight excluding hydrogens is 306 g/mol. The second kappa shape index (κ2) is 5.93. The van der Waals surface area contributed by atoms with E-state index in [0.29, 0.717) is 6.54 Å². The van der Waals surface area contributed by atoms with Gasteiger partial charge in [-0.05, 0) is 44.4 Å². The van der Waals surface area contributed by atoms with Crippen LogP contribution in [0.5, 0.6) is 0 Å². The Morgan fingerprint density at radius 2 is 2.31 bits per heavy atom. The van der Waals surface area contributed by atoms with Gasteiger partial charge in [0.05, 0.1) is 6.10 Å². The Morgan fingerprint density at radius 3 is 2.94 bits per heavy atom. The zero-order valence-electron chi connectivity index (χ0n) is 8.52. The number of rotatable bonds is 5. The van der Waals surface area contributed by atoms with E-state index < -0.39 is 6.10 Å². The summed E-state index contributed by atoms with van der Waals surface area (Å²) in [6, 6.07) is 4.05. The van der Waals surface area contributed by atoms with Gasteiger partial charge in [-0.3, -0.25) is 0 Å². The zero-order valence-corrected chi connectivity index (χ0v) is 11.7. The van der Waals surface area contributed by atoms with Crippen molar-refractivity contribution in [2.45, 2.75) is 12.6 Å². The van der Waals surface area contributed by atoms with E-state index in [2.05, 4.69) is 32.7 Å². The Labute approximate surface area is 111 Å². The smallest absolute Gasteiger partial charge is 0.0922 e. The third-order valence-electron chi connectivity index (χ3n) is 2.19. The Kier molecular flexibility index (Phi) is 4.55. The Hall–Kier alpha value is -0.200. The molecule has 0 saturated heterocycles. The van der Waals surface area contributed by atoms with Crippen molar-refractivity contribution >= 4 is 38.6 Å². The fourth-order valence-electron chi connectivity index (χ4n) is 1.36. The van der Waals surface area contributed by atoms with Crippen molar-refractivity contribution in [1.29, 1.82) is 0 Å². The molecule has 0 aliphatic rings. The Bertz CT molecular complexity index is 427. The summed E-state index contributed by atoms with van der Waals surface area (Å²) < 4.78 is 1.12. The maximum absolute atomic E-state index is 9.83. The molecule has 2 nitrogen and oxygen atoms in total. The molecule has 0 bridgehead atoms. The SMILES string of the molecule is O[C@H](CNCc1cc(Br)cs1)c1ccsc1. The van der Waals surface area contributed by atoms with E-state index in [1.807, 2.05) is 16.8 Å². The van der Waals surface area contributed by atoms with Crippen molar-refractivity contribution in [3.8, 4) is 0 Å². The van der Waals surface area contributed by atoms with Crippen molar-refractivity contribution in [3.63, 3.8) is 0 Å². The molecule has 86 valence electrons. The van der Waals surface area contributed by atoms with E-state index in [1.165, 1.54) is 4.88 Å². The summed E-state index contributed by atoms with van der Waals surface area (Å²) in [7, 11) is 0. The lowest BCUT2D eigenvalue weighted by molar-refractivity contribution is 0.175. The van der Waals surface area contributed by atoms with Crippen LogP contribution < -0.4 is 5.32 Å². The molecule has 2 rings (SSSR count). The van der Waals surface area contributed by atoms with Gasteiger partial charge in [-0.1, -0.05) is 0 Å². The summed E-state index contributed by atoms with van der Waals surface area (Å²) in [4.78, 5) is 1.27. The summed E-state index contributed by atoms with van der Waals surface area (Å²) in [5.74, 6) is 0. The molecule has 2 heterocycles. The molecule has 0 radical (unpaired) electrons. The maximum Gasteiger partial charge on any atom is 0.0922 e. The van der Waals surface area contributed by atoms with Crippen molar-refractivity contribution < 1.29 is 5.11 Å². The molecule has 0 spiro atoms. The normalized spacial score (nSPS) is 12.9. The van der Waals surface area contributed by atoms with E-state index in [4.69, 9.17) is 0 Å². The summed E-state index contributed by atoms with van der Waals surface area (Å²) >= 11 is 6.74. The van der Waals surface area contributed by atoms with E-state index in [0.717, 1.165) is 16.6 Å². The predicted octanol–water partition coefficient (Wildman–Crippen LogP) is 3.40. The largest absolute Gasteiger partial charge is 0.387 e. The molecule has 1 atom stereocenters. The van der Waals surface area contributed by atoms with Crippen LogP contribution in [0.1, 0.15) is 16.5 Å². The molecule has 16 heavy (non-hydrogen) atoms. The molecule has 0 amide bonds. The summed E-state index contributed by atoms with van der Waals surface area (Å²) in [6.07, 6.45) is -0.408. The number of thiophene rings is 2. The maximum atomic E-state index is 9.83. The first-order chi connectivity index (χ1) is 7.75. The molecule has 0 fully saturated rings. The molecule has 0 saturated carbocycles. The van der Waals surface area contributed by atoms with Crippen LogP contribution in [0.4, 0.5) is 0 Å². The van der Waals surface area contributed by atoms with Gasteiger partial charge in [0, 0.05) is 27.8 Å². The van der Waals surface area contributed by atoms with Crippen LogP contribution in [0.2, 0.25) is 0 Å². The predicted molar refractivity (Wildman–Crippen MR) is 73.0 cm³/mol. The first-order valence-electron chi connectivity index (χ1n) is 4.89. The standard InChI is InChI=1S/C11H12BrNOS2/c12-9-3-10(16-7-9)4-13-5-11(14)8-1-2-15-6-8/h1-3,6-7,11,13-14H,4-5H2/t11-/m1/s1. The zero-order chi connectivity index (χ0) is 11.4. The lowest BCUT2D eigenvalue weighted by Crippen LogP contribution is -2.20. The monoisotopic (exact) mass is 317 g/mol. The molecule has 0 aromatic carbocycles. The van der Waals surface area contributed by atoms with Crippen LogP contribution in [0.3, 0.4) is 0 Å². The number of hydrogen-bond acceptors (Lipinski definition) is 4. The minimum absolute atomic E-state index is 0.408. The third kappa shape index (κ3) is 3.40. The summed E-state index contributed by atoms with van der Waals surface area (Å²) in [6.45, 7) is 1.39. The number of halogens is 1. The minimum Gasteiger partial charge on any atom is -0.387 e. The van der Waals surface area contributed by atoms with Crippen molar-refractivity contribution in [2.24, 2.45) is 0 Å². The second-order valence-corrected chi connectivity index (χ2v) is 6.13. The molecular formula is C11H12BrNOS2. The highest BCUT2D eigenvalue weighted by atomic mass is 79.9. The highest BCUT2D eigenvalue weighted by molar-refractivity contribution is 9.10. The lowest BCUT2D eigenvalue weighted by atomic mass is 10.2. The topological polar surface area (TPSA) is 32.3 Å². The molecule has 0 aliphatic carbocycles. The number of nitrogens with one attached hydrogen (secondary N) is 1. The van der Waals surface area contributed by atoms with Crippen molar-refractivity contribution in [1.82, 2.24) is 5.32 Å². The van der Waals surface area contributed by atoms with Gasteiger partial charge in [-0.2, -0.15) is 11.3 Å². The van der Waals surface area contributed by atoms with Gasteiger partial charge >= 0.3 is 0 Å². The fraction of sp³-hybridized carbons (Fsp3) is 0.273. The molecule has 2 aromatic rings. The molecule has 2 aromatic heterocycles. The average molecular weight is 318 g/mol. The van der Waals surface area contributed by atoms with Crippen molar-refractivity contribution in [3.05, 3.63) is 43.2 Å². The first kappa shape index (κ1) is 12.3. The highest BCUT2D eigenvalue weighted by Gasteiger charge is 2.07. The second-order valence-electron chi connectivity index (χ2n) is 3.43. The molecule has 0 aliphatic heterocycles. The van der Waals surface area contributed by atoms with E-state index in [1.54, 1.807) is 22.7 Å². The Balaban J connectivity index is 1.76. The van der Waals surface area contributed by atoms with E-state index in [-0.39, 0.29) is 0 Å². The average Bonchev–Trinajstić information content (AvgIpc) is 2.89. The van der Waals surface area contributed by atoms with Gasteiger partial charge in [-0.15, -0.1) is 11.3 Å². The van der Waals surface area contributed by atoms with Gasteiger partial charge in [0.1, 0.15) is 0 Å². The Morgan fingerprint density at radius 1 is 1.44 bits per heavy atom. The van der Waals surface area contributed by atoms with E-state index >= 15 is 0 Å². The van der Waals surface area contributed by atoms with Crippen LogP contribution >= 0.6 is 38.6 Å². The van der Waals surface area contributed by atoms with Gasteiger partial charge < -0.3 is 10.4 Å². The number of aliphatic hydroxyl groups is 1. The van der Waals surface area contributed by atoms with Crippen LogP contribution in [0.15, 0.2) is 32.7 Å². The van der Waals surface area contributed by atoms with E-state index in [9.17, 15) is 5.11 Å². The quantitative estimate of drug-likeness (QED) is 0.886. The lowest BCUT2D eigenvalue weighted by Gasteiger charge is -2.09. The van der Waals surface area contributed by atoms with Crippen LogP contribution in [-0.2, 0) is 6.54 Å². The van der Waals surface area contributed by atoms with Gasteiger partial charge in [0.15, 0.2) is 0 Å². The summed E-state index contributed by atoms with van der Waals surface area (Å²) in [5, 5.41) is 19.1. The van der Waals surface area contributed by atoms with Crippen molar-refractivity contribution in [2.75, 3.05) is 6.54 Å². The minimum atomic E-state index is -0.408. The van der Waals surface area contributed by atoms with Gasteiger partial charge in [0.2, 0.25) is 0 Å². The third-order valence-corrected chi connectivity index (χ3v) is 4.59. The van der Waals surface area contributed by atoms with Crippen LogP contribution in [-0.4, -0.2) is 11.7 Å². The number of hydrogen-bond donors (Lipinski definition) is 2. The highest BCUT2D eigenvalue weighted by Crippen LogP contribution is 2.20. The van der Waals surface area contributed by atoms with Crippen LogP contribution in [0.25, 0.3) is 0 Å². The molecule has 2 N–H and O–H groups in total. The first-order valence-corrected chi connectivity index (χ1v) is 7.51. The fourth-order valence-corrected chi connectivity index (χ4v) is 3.49. The molecule has 5 heteroatoms. The van der Waals surface area contributed by atoms with Crippen LogP contribution in [0, 0.1) is 0 Å².